The summed E-state index contributed by atoms with van der Waals surface area (Å²) in [7, 11) is 0. The van der Waals surface area contributed by atoms with Crippen LogP contribution in [0, 0.1) is 0 Å². The second kappa shape index (κ2) is 5.69. The van der Waals surface area contributed by atoms with E-state index < -0.39 is 0 Å². The Balaban J connectivity index is 2.29. The van der Waals surface area contributed by atoms with E-state index in [0.29, 0.717) is 29.8 Å². The van der Waals surface area contributed by atoms with Crippen molar-refractivity contribution >= 4 is 23.0 Å². The van der Waals surface area contributed by atoms with Crippen LogP contribution in [0.15, 0.2) is 17.2 Å². The van der Waals surface area contributed by atoms with Gasteiger partial charge in [-0.25, -0.2) is 4.98 Å². The third-order valence-corrected chi connectivity index (χ3v) is 3.47. The smallest absolute Gasteiger partial charge is 0.293 e. The minimum atomic E-state index is -0.0349. The molecule has 2 N–H and O–H groups in total. The molecular formula is C13H20N4OS. The van der Waals surface area contributed by atoms with Crippen molar-refractivity contribution in [3.8, 4) is 0 Å². The molecule has 104 valence electrons. The first kappa shape index (κ1) is 14.0. The summed E-state index contributed by atoms with van der Waals surface area (Å²) in [6.45, 7) is 4.65. The Bertz CT molecular complexity index is 522. The minimum Gasteiger partial charge on any atom is -0.393 e. The summed E-state index contributed by atoms with van der Waals surface area (Å²) in [6, 6.07) is 0.545. The molecule has 1 aromatic rings. The maximum absolute atomic E-state index is 12.4. The first-order valence-corrected chi connectivity index (χ1v) is 7.03. The van der Waals surface area contributed by atoms with Crippen molar-refractivity contribution in [2.24, 2.45) is 5.73 Å². The molecule has 1 aliphatic rings. The SMILES string of the molecule is CC(C)n1ccnc(N(CCC(N)=S)C2CC2)c1=O. The van der Waals surface area contributed by atoms with Crippen LogP contribution in [0.4, 0.5) is 5.82 Å². The average Bonchev–Trinajstić information content (AvgIpc) is 3.15. The van der Waals surface area contributed by atoms with Crippen molar-refractivity contribution in [1.82, 2.24) is 9.55 Å². The molecule has 1 fully saturated rings. The lowest BCUT2D eigenvalue weighted by molar-refractivity contribution is 0.570. The molecule has 1 heterocycles. The molecule has 1 saturated carbocycles. The van der Waals surface area contributed by atoms with Gasteiger partial charge in [0, 0.05) is 37.4 Å². The topological polar surface area (TPSA) is 64.2 Å². The molecule has 1 aliphatic carbocycles. The second-order valence-corrected chi connectivity index (χ2v) is 5.72. The highest BCUT2D eigenvalue weighted by Gasteiger charge is 2.31. The third-order valence-electron chi connectivity index (χ3n) is 3.27. The maximum atomic E-state index is 12.4. The average molecular weight is 280 g/mol. The van der Waals surface area contributed by atoms with E-state index in [0.717, 1.165) is 12.8 Å². The fraction of sp³-hybridized carbons (Fsp3) is 0.615. The number of aromatic nitrogens is 2. The largest absolute Gasteiger partial charge is 0.393 e. The van der Waals surface area contributed by atoms with Gasteiger partial charge < -0.3 is 15.2 Å². The van der Waals surface area contributed by atoms with Crippen LogP contribution in [0.3, 0.4) is 0 Å². The molecule has 0 atom stereocenters. The molecule has 0 spiro atoms. The molecule has 6 heteroatoms. The molecule has 2 rings (SSSR count). The zero-order chi connectivity index (χ0) is 14.0. The van der Waals surface area contributed by atoms with Gasteiger partial charge in [-0.15, -0.1) is 0 Å². The Morgan fingerprint density at radius 2 is 2.32 bits per heavy atom. The van der Waals surface area contributed by atoms with Crippen molar-refractivity contribution in [1.29, 1.82) is 0 Å². The molecule has 0 saturated heterocycles. The van der Waals surface area contributed by atoms with E-state index in [-0.39, 0.29) is 11.6 Å². The van der Waals surface area contributed by atoms with Gasteiger partial charge in [-0.1, -0.05) is 12.2 Å². The maximum Gasteiger partial charge on any atom is 0.293 e. The molecule has 0 radical (unpaired) electrons. The van der Waals surface area contributed by atoms with E-state index in [1.54, 1.807) is 17.0 Å². The van der Waals surface area contributed by atoms with Crippen LogP contribution < -0.4 is 16.2 Å². The summed E-state index contributed by atoms with van der Waals surface area (Å²) < 4.78 is 1.71. The van der Waals surface area contributed by atoms with E-state index in [1.165, 1.54) is 0 Å². The van der Waals surface area contributed by atoms with Crippen molar-refractivity contribution in [2.45, 2.75) is 45.2 Å². The first-order valence-electron chi connectivity index (χ1n) is 6.62. The Morgan fingerprint density at radius 1 is 1.63 bits per heavy atom. The standard InChI is InChI=1S/C13H20N4OS/c1-9(2)16-8-6-15-12(13(16)18)17(10-3-4-10)7-5-11(14)19/h6,8-10H,3-5,7H2,1-2H3,(H2,14,19). The first-order chi connectivity index (χ1) is 9.00. The van der Waals surface area contributed by atoms with Crippen molar-refractivity contribution in [3.63, 3.8) is 0 Å². The normalized spacial score (nSPS) is 14.7. The Kier molecular flexibility index (Phi) is 4.19. The van der Waals surface area contributed by atoms with Crippen molar-refractivity contribution in [2.75, 3.05) is 11.4 Å². The lowest BCUT2D eigenvalue weighted by Crippen LogP contribution is -2.37. The highest BCUT2D eigenvalue weighted by atomic mass is 32.1. The molecule has 1 aromatic heterocycles. The lowest BCUT2D eigenvalue weighted by Gasteiger charge is -2.23. The van der Waals surface area contributed by atoms with Crippen LogP contribution >= 0.6 is 12.2 Å². The molecule has 0 aliphatic heterocycles. The van der Waals surface area contributed by atoms with Crippen LogP contribution in [-0.2, 0) is 0 Å². The van der Waals surface area contributed by atoms with Crippen LogP contribution in [-0.4, -0.2) is 27.1 Å². The zero-order valence-electron chi connectivity index (χ0n) is 11.4. The molecule has 5 nitrogen and oxygen atoms in total. The molecule has 0 unspecified atom stereocenters. The van der Waals surface area contributed by atoms with Gasteiger partial charge in [0.05, 0.1) is 4.99 Å². The summed E-state index contributed by atoms with van der Waals surface area (Å²) in [5.74, 6) is 0.523. The monoisotopic (exact) mass is 280 g/mol. The van der Waals surface area contributed by atoms with Crippen LogP contribution in [0.2, 0.25) is 0 Å². The van der Waals surface area contributed by atoms with Crippen LogP contribution in [0.5, 0.6) is 0 Å². The molecule has 0 aromatic carbocycles. The third kappa shape index (κ3) is 3.32. The highest BCUT2D eigenvalue weighted by molar-refractivity contribution is 7.80. The summed E-state index contributed by atoms with van der Waals surface area (Å²) in [6.07, 6.45) is 6.25. The highest BCUT2D eigenvalue weighted by Crippen LogP contribution is 2.29. The van der Waals surface area contributed by atoms with Crippen molar-refractivity contribution in [3.05, 3.63) is 22.7 Å². The second-order valence-electron chi connectivity index (χ2n) is 5.20. The van der Waals surface area contributed by atoms with Gasteiger partial charge in [0.25, 0.3) is 5.56 Å². The summed E-state index contributed by atoms with van der Waals surface area (Å²) in [5.41, 5.74) is 5.52. The fourth-order valence-corrected chi connectivity index (χ4v) is 2.19. The van der Waals surface area contributed by atoms with E-state index in [9.17, 15) is 4.79 Å². The van der Waals surface area contributed by atoms with E-state index in [4.69, 9.17) is 18.0 Å². The number of anilines is 1. The Morgan fingerprint density at radius 3 is 2.84 bits per heavy atom. The summed E-state index contributed by atoms with van der Waals surface area (Å²) in [4.78, 5) is 19.2. The van der Waals surface area contributed by atoms with Gasteiger partial charge in [0.2, 0.25) is 0 Å². The van der Waals surface area contributed by atoms with Crippen molar-refractivity contribution < 1.29 is 0 Å². The number of thiocarbonyl (C=S) groups is 1. The van der Waals surface area contributed by atoms with E-state index in [1.807, 2.05) is 13.8 Å². The number of nitrogens with zero attached hydrogens (tertiary/aromatic N) is 3. The van der Waals surface area contributed by atoms with Crippen LogP contribution in [0.25, 0.3) is 0 Å². The number of hydrogen-bond acceptors (Lipinski definition) is 4. The van der Waals surface area contributed by atoms with Gasteiger partial charge >= 0.3 is 0 Å². The van der Waals surface area contributed by atoms with Gasteiger partial charge in [-0.05, 0) is 26.7 Å². The number of nitrogens with two attached hydrogens (primary N) is 1. The number of rotatable bonds is 6. The predicted molar refractivity (Wildman–Crippen MR) is 80.7 cm³/mol. The van der Waals surface area contributed by atoms with Gasteiger partial charge in [0.1, 0.15) is 0 Å². The van der Waals surface area contributed by atoms with E-state index in [2.05, 4.69) is 9.88 Å². The Hall–Kier alpha value is -1.43. The van der Waals surface area contributed by atoms with Gasteiger partial charge in [-0.2, -0.15) is 0 Å². The van der Waals surface area contributed by atoms with Gasteiger partial charge in [-0.3, -0.25) is 4.79 Å². The molecule has 0 amide bonds. The van der Waals surface area contributed by atoms with Gasteiger partial charge in [0.15, 0.2) is 5.82 Å². The molecular weight excluding hydrogens is 260 g/mol. The summed E-state index contributed by atoms with van der Waals surface area (Å²) >= 11 is 4.92. The molecule has 0 bridgehead atoms. The fourth-order valence-electron chi connectivity index (χ4n) is 2.10. The molecule has 19 heavy (non-hydrogen) atoms. The van der Waals surface area contributed by atoms with E-state index >= 15 is 0 Å². The Labute approximate surface area is 118 Å². The lowest BCUT2D eigenvalue weighted by atomic mass is 10.3. The minimum absolute atomic E-state index is 0.0349. The van der Waals surface area contributed by atoms with Crippen LogP contribution in [0.1, 0.15) is 39.2 Å². The summed E-state index contributed by atoms with van der Waals surface area (Å²) in [5, 5.41) is 0. The quantitative estimate of drug-likeness (QED) is 0.799. The predicted octanol–water partition coefficient (Wildman–Crippen LogP) is 1.47. The zero-order valence-corrected chi connectivity index (χ0v) is 12.2. The number of hydrogen-bond donors (Lipinski definition) is 1.